The number of hydrogen-bond donors (Lipinski definition) is 1. The topological polar surface area (TPSA) is 96.4 Å². The maximum atomic E-state index is 14.2. The van der Waals surface area contributed by atoms with Crippen LogP contribution < -0.4 is 9.64 Å². The van der Waals surface area contributed by atoms with Crippen molar-refractivity contribution in [3.8, 4) is 5.75 Å². The highest BCUT2D eigenvalue weighted by molar-refractivity contribution is 6.01. The summed E-state index contributed by atoms with van der Waals surface area (Å²) < 4.78 is 12.2. The number of rotatable bonds is 6. The Morgan fingerprint density at radius 2 is 1.80 bits per heavy atom. The zero-order valence-electron chi connectivity index (χ0n) is 23.4. The van der Waals surface area contributed by atoms with Crippen molar-refractivity contribution in [2.45, 2.75) is 58.3 Å². The van der Waals surface area contributed by atoms with Crippen molar-refractivity contribution >= 4 is 34.2 Å². The Labute approximate surface area is 234 Å². The van der Waals surface area contributed by atoms with Gasteiger partial charge in [0.2, 0.25) is 5.91 Å². The number of fused-ring (bicyclic) bond motifs is 2. The second kappa shape index (κ2) is 10.9. The molecule has 1 fully saturated rings. The smallest absolute Gasteiger partial charge is 0.326 e. The van der Waals surface area contributed by atoms with Gasteiger partial charge in [0.1, 0.15) is 24.0 Å². The fraction of sp³-hybridized carbons (Fsp3) is 0.406. The molecule has 0 bridgehead atoms. The van der Waals surface area contributed by atoms with Gasteiger partial charge in [0.25, 0.3) is 5.91 Å². The van der Waals surface area contributed by atoms with E-state index in [1.165, 1.54) is 4.90 Å². The van der Waals surface area contributed by atoms with E-state index in [0.29, 0.717) is 37.4 Å². The molecule has 0 aliphatic carbocycles. The molecule has 8 nitrogen and oxygen atoms in total. The third-order valence-corrected chi connectivity index (χ3v) is 7.61. The molecular formula is C32H36N2O6. The van der Waals surface area contributed by atoms with Crippen molar-refractivity contribution in [2.24, 2.45) is 5.41 Å². The Hall–Kier alpha value is -3.91. The zero-order chi connectivity index (χ0) is 28.6. The Balaban J connectivity index is 1.64. The molecule has 2 aliphatic rings. The van der Waals surface area contributed by atoms with Gasteiger partial charge in [-0.15, -0.1) is 0 Å². The van der Waals surface area contributed by atoms with Crippen molar-refractivity contribution in [1.82, 2.24) is 4.90 Å². The largest absolute Gasteiger partial charge is 0.497 e. The van der Waals surface area contributed by atoms with Crippen molar-refractivity contribution in [3.63, 3.8) is 0 Å². The van der Waals surface area contributed by atoms with Gasteiger partial charge in [0, 0.05) is 18.7 Å². The minimum atomic E-state index is -1.10. The van der Waals surface area contributed by atoms with Crippen LogP contribution in [0.1, 0.15) is 57.3 Å². The SMILES string of the molecule is COc1ccc2c(c1)[C@H](c1cccc3ccccc13)O[C@@H](CC(=O)N1CCC[C@H]1C(=O)O)C(=O)N2CC(C)(C)C. The molecule has 0 radical (unpaired) electrons. The first-order chi connectivity index (χ1) is 19.1. The van der Waals surface area contributed by atoms with Gasteiger partial charge in [0.05, 0.1) is 19.2 Å². The fourth-order valence-electron chi connectivity index (χ4n) is 5.79. The molecule has 2 amide bonds. The summed E-state index contributed by atoms with van der Waals surface area (Å²) in [6.45, 7) is 6.92. The van der Waals surface area contributed by atoms with Crippen LogP contribution in [0.2, 0.25) is 0 Å². The van der Waals surface area contributed by atoms with Crippen LogP contribution in [-0.4, -0.2) is 60.1 Å². The molecule has 0 spiro atoms. The highest BCUT2D eigenvalue weighted by Crippen LogP contribution is 2.43. The molecule has 1 N–H and O–H groups in total. The van der Waals surface area contributed by atoms with Crippen LogP contribution in [0, 0.1) is 5.41 Å². The van der Waals surface area contributed by atoms with E-state index in [1.54, 1.807) is 12.0 Å². The average Bonchev–Trinajstić information content (AvgIpc) is 3.40. The molecule has 3 aromatic rings. The number of likely N-dealkylation sites (tertiary alicyclic amines) is 1. The van der Waals surface area contributed by atoms with Crippen LogP contribution in [0.5, 0.6) is 5.75 Å². The quantitative estimate of drug-likeness (QED) is 0.459. The minimum absolute atomic E-state index is 0.240. The molecule has 8 heteroatoms. The van der Waals surface area contributed by atoms with E-state index in [0.717, 1.165) is 21.9 Å². The highest BCUT2D eigenvalue weighted by Gasteiger charge is 2.42. The van der Waals surface area contributed by atoms with Crippen molar-refractivity contribution in [1.29, 1.82) is 0 Å². The number of aliphatic carboxylic acids is 1. The van der Waals surface area contributed by atoms with E-state index in [4.69, 9.17) is 9.47 Å². The van der Waals surface area contributed by atoms with E-state index in [2.05, 4.69) is 20.8 Å². The number of carbonyl (C=O) groups is 3. The second-order valence-electron chi connectivity index (χ2n) is 11.8. The van der Waals surface area contributed by atoms with Crippen molar-refractivity contribution in [2.75, 3.05) is 25.1 Å². The Bertz CT molecular complexity index is 1440. The van der Waals surface area contributed by atoms with Gasteiger partial charge in [-0.2, -0.15) is 0 Å². The van der Waals surface area contributed by atoms with Gasteiger partial charge in [0.15, 0.2) is 0 Å². The number of anilines is 1. The molecule has 3 aromatic carbocycles. The van der Waals surface area contributed by atoms with E-state index < -0.39 is 24.2 Å². The fourth-order valence-corrected chi connectivity index (χ4v) is 5.79. The van der Waals surface area contributed by atoms with Gasteiger partial charge >= 0.3 is 5.97 Å². The molecule has 40 heavy (non-hydrogen) atoms. The third-order valence-electron chi connectivity index (χ3n) is 7.61. The van der Waals surface area contributed by atoms with Gasteiger partial charge < -0.3 is 24.4 Å². The summed E-state index contributed by atoms with van der Waals surface area (Å²) in [4.78, 5) is 42.6. The first kappa shape index (κ1) is 27.6. The lowest BCUT2D eigenvalue weighted by molar-refractivity contribution is -0.151. The van der Waals surface area contributed by atoms with Crippen LogP contribution in [0.3, 0.4) is 0 Å². The third kappa shape index (κ3) is 5.41. The maximum Gasteiger partial charge on any atom is 0.326 e. The van der Waals surface area contributed by atoms with Gasteiger partial charge in [-0.05, 0) is 52.8 Å². The van der Waals surface area contributed by atoms with Gasteiger partial charge in [-0.3, -0.25) is 9.59 Å². The first-order valence-electron chi connectivity index (χ1n) is 13.7. The molecular weight excluding hydrogens is 508 g/mol. The number of amides is 2. The lowest BCUT2D eigenvalue weighted by Crippen LogP contribution is -2.47. The predicted octanol–water partition coefficient (Wildman–Crippen LogP) is 5.18. The van der Waals surface area contributed by atoms with Crippen LogP contribution in [-0.2, 0) is 19.1 Å². The van der Waals surface area contributed by atoms with Crippen molar-refractivity contribution in [3.05, 3.63) is 71.8 Å². The van der Waals surface area contributed by atoms with Gasteiger partial charge in [-0.1, -0.05) is 63.2 Å². The molecule has 1 saturated heterocycles. The normalized spacial score (nSPS) is 21.3. The number of hydrogen-bond acceptors (Lipinski definition) is 5. The van der Waals surface area contributed by atoms with E-state index in [-0.39, 0.29) is 23.7 Å². The van der Waals surface area contributed by atoms with Gasteiger partial charge in [-0.25, -0.2) is 4.79 Å². The zero-order valence-corrected chi connectivity index (χ0v) is 23.4. The molecule has 3 atom stereocenters. The number of nitrogens with zero attached hydrogens (tertiary/aromatic N) is 2. The molecule has 0 saturated carbocycles. The Kier molecular flexibility index (Phi) is 7.55. The van der Waals surface area contributed by atoms with Crippen LogP contribution >= 0.6 is 0 Å². The summed E-state index contributed by atoms with van der Waals surface area (Å²) in [5.41, 5.74) is 2.11. The molecule has 0 aromatic heterocycles. The monoisotopic (exact) mass is 544 g/mol. The summed E-state index contributed by atoms with van der Waals surface area (Å²) >= 11 is 0. The number of carboxylic acid groups (broad SMARTS) is 1. The molecule has 2 heterocycles. The second-order valence-corrected chi connectivity index (χ2v) is 11.8. The molecule has 2 aliphatic heterocycles. The summed E-state index contributed by atoms with van der Waals surface area (Å²) in [6.07, 6.45) is -0.998. The lowest BCUT2D eigenvalue weighted by Gasteiger charge is -2.32. The standard InChI is InChI=1S/C32H36N2O6/c1-32(2,3)19-34-25-15-14-21(39-4)17-24(25)29(23-12-7-10-20-9-5-6-11-22(20)23)40-27(30(34)36)18-28(35)33-16-8-13-26(33)31(37)38/h5-7,9-12,14-15,17,26-27,29H,8,13,16,18-19H2,1-4H3,(H,37,38)/t26-,27-,29-/m0/s1. The van der Waals surface area contributed by atoms with E-state index >= 15 is 0 Å². The minimum Gasteiger partial charge on any atom is -0.497 e. The first-order valence-corrected chi connectivity index (χ1v) is 13.7. The van der Waals surface area contributed by atoms with E-state index in [1.807, 2.05) is 60.7 Å². The highest BCUT2D eigenvalue weighted by atomic mass is 16.5. The van der Waals surface area contributed by atoms with Crippen LogP contribution in [0.4, 0.5) is 5.69 Å². The number of ether oxygens (including phenoxy) is 2. The number of benzene rings is 3. The van der Waals surface area contributed by atoms with Crippen molar-refractivity contribution < 1.29 is 29.0 Å². The summed E-state index contributed by atoms with van der Waals surface area (Å²) in [5.74, 6) is -1.10. The van der Waals surface area contributed by atoms with Crippen LogP contribution in [0.25, 0.3) is 10.8 Å². The maximum absolute atomic E-state index is 14.2. The number of carboxylic acids is 1. The molecule has 0 unspecified atom stereocenters. The summed E-state index contributed by atoms with van der Waals surface area (Å²) in [5, 5.41) is 11.7. The Morgan fingerprint density at radius 3 is 2.52 bits per heavy atom. The summed E-state index contributed by atoms with van der Waals surface area (Å²) in [7, 11) is 1.60. The Morgan fingerprint density at radius 1 is 1.05 bits per heavy atom. The molecule has 5 rings (SSSR count). The lowest BCUT2D eigenvalue weighted by atomic mass is 9.92. The van der Waals surface area contributed by atoms with E-state index in [9.17, 15) is 19.5 Å². The average molecular weight is 545 g/mol. The number of methoxy groups -OCH3 is 1. The predicted molar refractivity (Wildman–Crippen MR) is 152 cm³/mol. The number of carbonyl (C=O) groups excluding carboxylic acids is 2. The van der Waals surface area contributed by atoms with Crippen LogP contribution in [0.15, 0.2) is 60.7 Å². The summed E-state index contributed by atoms with van der Waals surface area (Å²) in [6, 6.07) is 18.7. The molecule has 210 valence electrons.